The standard InChI is InChI=1S/C27H31N5O8/c1-31(2)15-9-12(10-29-16-5-6-40-30-16)21(33)18-13(15)7-11-8-14-20(32(3)4)23(35)19(26(28)38)25(37)27(14,39)24(36)17(11)22(18)34/h5-6,9,11,14,20,33-34,37,39H,7-8,10H2,1-4H3,(H2,28,38)(H,29,30). The predicted octanol–water partition coefficient (Wildman–Crippen LogP) is 0.630. The number of phenolic OH excluding ortho intramolecular Hbond substituents is 1. The molecule has 3 aliphatic rings. The molecule has 4 atom stereocenters. The number of likely N-dealkylation sites (N-methyl/N-ethyl adjacent to an activating group) is 1. The number of benzene rings is 1. The summed E-state index contributed by atoms with van der Waals surface area (Å²) in [5.74, 6) is -6.41. The number of aliphatic hydroxyl groups is 3. The van der Waals surface area contributed by atoms with E-state index in [1.807, 2.05) is 4.90 Å². The first-order valence-corrected chi connectivity index (χ1v) is 12.6. The molecule has 1 aromatic heterocycles. The van der Waals surface area contributed by atoms with Crippen LogP contribution in [0.5, 0.6) is 5.75 Å². The van der Waals surface area contributed by atoms with Crippen LogP contribution in [0, 0.1) is 11.8 Å². The Hall–Kier alpha value is -4.36. The Labute approximate surface area is 229 Å². The number of primary amides is 1. The summed E-state index contributed by atoms with van der Waals surface area (Å²) < 4.78 is 4.82. The van der Waals surface area contributed by atoms with Gasteiger partial charge in [0.15, 0.2) is 17.2 Å². The molecule has 1 aromatic carbocycles. The molecule has 0 saturated heterocycles. The van der Waals surface area contributed by atoms with Crippen molar-refractivity contribution in [3.8, 4) is 5.75 Å². The SMILES string of the molecule is CN(C)c1cc(CNc2ccon2)c(O)c2c1CC1CC3C(N(C)C)C(=O)C(C(N)=O)=C(O)C3(O)C(=O)C1=C2O. The smallest absolute Gasteiger partial charge is 0.255 e. The monoisotopic (exact) mass is 553 g/mol. The molecule has 212 valence electrons. The quantitative estimate of drug-likeness (QED) is 0.273. The van der Waals surface area contributed by atoms with Crippen LogP contribution in [0.4, 0.5) is 11.5 Å². The number of nitrogens with one attached hydrogen (secondary N) is 1. The second kappa shape index (κ2) is 9.38. The van der Waals surface area contributed by atoms with Crippen molar-refractivity contribution >= 4 is 34.7 Å². The number of rotatable bonds is 6. The summed E-state index contributed by atoms with van der Waals surface area (Å²) in [5, 5.41) is 52.3. The predicted molar refractivity (Wildman–Crippen MR) is 142 cm³/mol. The summed E-state index contributed by atoms with van der Waals surface area (Å²) in [5.41, 5.74) is 3.33. The van der Waals surface area contributed by atoms with Crippen LogP contribution in [0.3, 0.4) is 0 Å². The summed E-state index contributed by atoms with van der Waals surface area (Å²) in [7, 11) is 6.73. The van der Waals surface area contributed by atoms with Crippen LogP contribution in [0.25, 0.3) is 5.76 Å². The largest absolute Gasteiger partial charge is 0.508 e. The molecule has 3 aliphatic carbocycles. The van der Waals surface area contributed by atoms with Gasteiger partial charge in [-0.25, -0.2) is 0 Å². The number of carbonyl (C=O) groups excluding carboxylic acids is 3. The van der Waals surface area contributed by atoms with Crippen LogP contribution in [0.2, 0.25) is 0 Å². The number of aliphatic hydroxyl groups excluding tert-OH is 2. The van der Waals surface area contributed by atoms with E-state index >= 15 is 0 Å². The zero-order chi connectivity index (χ0) is 29.3. The molecule has 1 amide bonds. The summed E-state index contributed by atoms with van der Waals surface area (Å²) in [6.45, 7) is 0.108. The van der Waals surface area contributed by atoms with E-state index in [2.05, 4.69) is 10.5 Å². The van der Waals surface area contributed by atoms with Crippen molar-refractivity contribution in [2.75, 3.05) is 38.4 Å². The average molecular weight is 554 g/mol. The number of carbonyl (C=O) groups is 3. The molecular weight excluding hydrogens is 522 g/mol. The van der Waals surface area contributed by atoms with Gasteiger partial charge < -0.3 is 40.9 Å². The maximum atomic E-state index is 14.0. The van der Waals surface area contributed by atoms with E-state index in [1.165, 1.54) is 11.2 Å². The van der Waals surface area contributed by atoms with Gasteiger partial charge in [0.05, 0.1) is 11.6 Å². The van der Waals surface area contributed by atoms with Crippen molar-refractivity contribution in [3.05, 3.63) is 52.0 Å². The third-order valence-corrected chi connectivity index (χ3v) is 8.16. The number of Topliss-reactive ketones (excluding diaryl/α,β-unsaturated/α-hetero) is 2. The van der Waals surface area contributed by atoms with Gasteiger partial charge in [-0.3, -0.25) is 19.3 Å². The first-order chi connectivity index (χ1) is 18.8. The van der Waals surface area contributed by atoms with Crippen LogP contribution < -0.4 is 16.0 Å². The van der Waals surface area contributed by atoms with Crippen LogP contribution >= 0.6 is 0 Å². The zero-order valence-corrected chi connectivity index (χ0v) is 22.4. The van der Waals surface area contributed by atoms with E-state index in [1.54, 1.807) is 40.3 Å². The third kappa shape index (κ3) is 3.76. The lowest BCUT2D eigenvalue weighted by atomic mass is 9.57. The number of fused-ring (bicyclic) bond motifs is 3. The van der Waals surface area contributed by atoms with Crippen LogP contribution in [-0.4, -0.2) is 87.8 Å². The van der Waals surface area contributed by atoms with Crippen molar-refractivity contribution in [1.82, 2.24) is 10.1 Å². The minimum absolute atomic E-state index is 0.0227. The molecule has 4 unspecified atom stereocenters. The fourth-order valence-corrected chi connectivity index (χ4v) is 6.37. The first kappa shape index (κ1) is 27.2. The fourth-order valence-electron chi connectivity index (χ4n) is 6.37. The molecule has 13 heteroatoms. The maximum absolute atomic E-state index is 14.0. The summed E-state index contributed by atoms with van der Waals surface area (Å²) in [6, 6.07) is 2.23. The van der Waals surface area contributed by atoms with E-state index in [4.69, 9.17) is 10.3 Å². The van der Waals surface area contributed by atoms with Crippen LogP contribution in [-0.2, 0) is 27.3 Å². The maximum Gasteiger partial charge on any atom is 0.255 e. The zero-order valence-electron chi connectivity index (χ0n) is 22.4. The van der Waals surface area contributed by atoms with Crippen molar-refractivity contribution in [1.29, 1.82) is 0 Å². The van der Waals surface area contributed by atoms with Gasteiger partial charge in [-0.2, -0.15) is 0 Å². The Bertz CT molecular complexity index is 1490. The third-order valence-electron chi connectivity index (χ3n) is 8.16. The minimum Gasteiger partial charge on any atom is -0.508 e. The Morgan fingerprint density at radius 1 is 1.23 bits per heavy atom. The van der Waals surface area contributed by atoms with Gasteiger partial charge in [0.25, 0.3) is 5.91 Å². The molecule has 1 saturated carbocycles. The second-order valence-electron chi connectivity index (χ2n) is 10.9. The highest BCUT2D eigenvalue weighted by molar-refractivity contribution is 6.24. The lowest BCUT2D eigenvalue weighted by Gasteiger charge is -2.50. The first-order valence-electron chi connectivity index (χ1n) is 12.6. The molecule has 0 spiro atoms. The molecule has 5 rings (SSSR count). The molecule has 13 nitrogen and oxygen atoms in total. The lowest BCUT2D eigenvalue weighted by molar-refractivity contribution is -0.153. The Balaban J connectivity index is 1.69. The second-order valence-corrected chi connectivity index (χ2v) is 10.9. The number of aromatic nitrogens is 1. The number of anilines is 2. The van der Waals surface area contributed by atoms with Crippen LogP contribution in [0.1, 0.15) is 23.1 Å². The molecule has 0 aliphatic heterocycles. The van der Waals surface area contributed by atoms with Gasteiger partial charge in [0.1, 0.15) is 29.1 Å². The number of ketones is 2. The number of amides is 1. The van der Waals surface area contributed by atoms with E-state index in [-0.39, 0.29) is 36.3 Å². The van der Waals surface area contributed by atoms with E-state index in [9.17, 15) is 34.8 Å². The number of aromatic hydroxyl groups is 1. The van der Waals surface area contributed by atoms with Gasteiger partial charge in [-0.05, 0) is 44.5 Å². The molecular formula is C27H31N5O8. The van der Waals surface area contributed by atoms with Gasteiger partial charge in [-0.15, -0.1) is 0 Å². The van der Waals surface area contributed by atoms with Gasteiger partial charge >= 0.3 is 0 Å². The number of hydrogen-bond donors (Lipinski definition) is 6. The minimum atomic E-state index is -2.68. The highest BCUT2D eigenvalue weighted by atomic mass is 16.5. The van der Waals surface area contributed by atoms with Crippen molar-refractivity contribution < 1.29 is 39.3 Å². The molecule has 1 fully saturated rings. The van der Waals surface area contributed by atoms with Gasteiger partial charge in [0.2, 0.25) is 5.78 Å². The van der Waals surface area contributed by atoms with Crippen molar-refractivity contribution in [2.45, 2.75) is 31.0 Å². The Morgan fingerprint density at radius 2 is 1.93 bits per heavy atom. The van der Waals surface area contributed by atoms with Gasteiger partial charge in [-0.1, -0.05) is 5.16 Å². The number of hydrogen-bond acceptors (Lipinski definition) is 12. The van der Waals surface area contributed by atoms with Crippen LogP contribution in [0.15, 0.2) is 39.8 Å². The number of nitrogens with zero attached hydrogens (tertiary/aromatic N) is 3. The molecule has 0 radical (unpaired) electrons. The number of phenols is 1. The van der Waals surface area contributed by atoms with Gasteiger partial charge in [0, 0.05) is 49.4 Å². The normalized spacial score (nSPS) is 26.0. The summed E-state index contributed by atoms with van der Waals surface area (Å²) in [4.78, 5) is 42.7. The van der Waals surface area contributed by atoms with Crippen molar-refractivity contribution in [2.24, 2.45) is 17.6 Å². The lowest BCUT2D eigenvalue weighted by Crippen LogP contribution is -2.65. The Kier molecular flexibility index (Phi) is 6.38. The molecule has 2 aromatic rings. The summed E-state index contributed by atoms with van der Waals surface area (Å²) in [6.07, 6.45) is 1.61. The highest BCUT2D eigenvalue weighted by Gasteiger charge is 2.64. The molecule has 0 bridgehead atoms. The fraction of sp³-hybridized carbons (Fsp3) is 0.407. The molecule has 7 N–H and O–H groups in total. The van der Waals surface area contributed by atoms with E-state index < -0.39 is 58.0 Å². The highest BCUT2D eigenvalue weighted by Crippen LogP contribution is 2.54. The van der Waals surface area contributed by atoms with E-state index in [0.717, 1.165) is 0 Å². The molecule has 40 heavy (non-hydrogen) atoms. The topological polar surface area (TPSA) is 203 Å². The molecule has 1 heterocycles. The number of nitrogens with two attached hydrogens (primary N) is 1. The average Bonchev–Trinajstić information content (AvgIpc) is 3.39. The van der Waals surface area contributed by atoms with Crippen molar-refractivity contribution in [3.63, 3.8) is 0 Å². The Morgan fingerprint density at radius 3 is 2.50 bits per heavy atom. The van der Waals surface area contributed by atoms with E-state index in [0.29, 0.717) is 22.6 Å². The summed E-state index contributed by atoms with van der Waals surface area (Å²) >= 11 is 0.